The van der Waals surface area contributed by atoms with E-state index in [1.807, 2.05) is 12.1 Å². The van der Waals surface area contributed by atoms with Crippen molar-refractivity contribution in [2.75, 3.05) is 0 Å². The van der Waals surface area contributed by atoms with E-state index in [2.05, 4.69) is 4.98 Å². The molecule has 1 atom stereocenters. The molecule has 1 aromatic heterocycles. The summed E-state index contributed by atoms with van der Waals surface area (Å²) in [4.78, 5) is 14.2. The number of carboxylic acids is 1. The van der Waals surface area contributed by atoms with Crippen LogP contribution in [0.15, 0.2) is 24.5 Å². The van der Waals surface area contributed by atoms with Crippen LogP contribution in [0.3, 0.4) is 0 Å². The van der Waals surface area contributed by atoms with E-state index in [4.69, 9.17) is 10.8 Å². The minimum absolute atomic E-state index is 0.0858. The molecule has 1 rings (SSSR count). The normalized spacial score (nSPS) is 12.4. The molecule has 0 aliphatic carbocycles. The smallest absolute Gasteiger partial charge is 0.303 e. The Kier molecular flexibility index (Phi) is 4.07. The standard InChI is InChI=1S/C10H14N2O2/c11-9(2-1-3-10(13)14)8-4-6-12-7-5-8/h4-7,9H,1-3,11H2,(H,13,14). The molecule has 0 spiro atoms. The molecule has 0 fully saturated rings. The Hall–Kier alpha value is -1.42. The van der Waals surface area contributed by atoms with Gasteiger partial charge in [0.05, 0.1) is 0 Å². The second-order valence-corrected chi connectivity index (χ2v) is 3.17. The van der Waals surface area contributed by atoms with E-state index in [0.717, 1.165) is 5.56 Å². The highest BCUT2D eigenvalue weighted by Crippen LogP contribution is 2.15. The summed E-state index contributed by atoms with van der Waals surface area (Å²) in [5, 5.41) is 8.45. The number of hydrogen-bond donors (Lipinski definition) is 2. The molecule has 4 heteroatoms. The molecule has 1 aromatic rings. The van der Waals surface area contributed by atoms with Crippen LogP contribution in [-0.4, -0.2) is 16.1 Å². The SMILES string of the molecule is NC(CCCC(=O)O)c1ccncc1. The van der Waals surface area contributed by atoms with E-state index in [9.17, 15) is 4.79 Å². The highest BCUT2D eigenvalue weighted by atomic mass is 16.4. The van der Waals surface area contributed by atoms with Gasteiger partial charge in [-0.05, 0) is 30.5 Å². The molecule has 1 unspecified atom stereocenters. The average Bonchev–Trinajstić information content (AvgIpc) is 2.18. The lowest BCUT2D eigenvalue weighted by atomic mass is 10.0. The molecular weight excluding hydrogens is 180 g/mol. The second-order valence-electron chi connectivity index (χ2n) is 3.17. The van der Waals surface area contributed by atoms with Crippen molar-refractivity contribution in [2.24, 2.45) is 5.73 Å². The number of hydrogen-bond acceptors (Lipinski definition) is 3. The Bertz CT molecular complexity index is 287. The van der Waals surface area contributed by atoms with Gasteiger partial charge >= 0.3 is 5.97 Å². The molecule has 0 aliphatic heterocycles. The third kappa shape index (κ3) is 3.53. The molecule has 0 amide bonds. The molecule has 3 N–H and O–H groups in total. The molecule has 0 saturated heterocycles. The maximum absolute atomic E-state index is 10.3. The van der Waals surface area contributed by atoms with Gasteiger partial charge in [-0.15, -0.1) is 0 Å². The van der Waals surface area contributed by atoms with Crippen LogP contribution in [-0.2, 0) is 4.79 Å². The first kappa shape index (κ1) is 10.7. The Morgan fingerprint density at radius 2 is 2.14 bits per heavy atom. The molecule has 76 valence electrons. The fraction of sp³-hybridized carbons (Fsp3) is 0.400. The zero-order valence-corrected chi connectivity index (χ0v) is 7.89. The van der Waals surface area contributed by atoms with Crippen LogP contribution >= 0.6 is 0 Å². The molecule has 0 aromatic carbocycles. The number of carbonyl (C=O) groups is 1. The number of aromatic nitrogens is 1. The van der Waals surface area contributed by atoms with Gasteiger partial charge in [0.25, 0.3) is 0 Å². The summed E-state index contributed by atoms with van der Waals surface area (Å²) in [5.41, 5.74) is 6.87. The van der Waals surface area contributed by atoms with Crippen molar-refractivity contribution in [3.05, 3.63) is 30.1 Å². The van der Waals surface area contributed by atoms with E-state index in [1.54, 1.807) is 12.4 Å². The molecular formula is C10H14N2O2. The summed E-state index contributed by atoms with van der Waals surface area (Å²) in [5.74, 6) is -0.771. The van der Waals surface area contributed by atoms with Crippen LogP contribution < -0.4 is 5.73 Å². The van der Waals surface area contributed by atoms with Gasteiger partial charge in [-0.1, -0.05) is 0 Å². The number of carboxylic acid groups (broad SMARTS) is 1. The number of pyridine rings is 1. The minimum atomic E-state index is -0.771. The lowest BCUT2D eigenvalue weighted by Gasteiger charge is -2.10. The number of aliphatic carboxylic acids is 1. The van der Waals surface area contributed by atoms with Crippen LogP contribution in [0.25, 0.3) is 0 Å². The zero-order valence-electron chi connectivity index (χ0n) is 7.89. The number of nitrogens with zero attached hydrogens (tertiary/aromatic N) is 1. The third-order valence-corrected chi connectivity index (χ3v) is 2.04. The summed E-state index contributed by atoms with van der Waals surface area (Å²) in [7, 11) is 0. The van der Waals surface area contributed by atoms with Crippen LogP contribution in [0.2, 0.25) is 0 Å². The maximum atomic E-state index is 10.3. The molecule has 1 heterocycles. The number of nitrogens with two attached hydrogens (primary N) is 1. The second kappa shape index (κ2) is 5.34. The van der Waals surface area contributed by atoms with Crippen molar-refractivity contribution < 1.29 is 9.90 Å². The van der Waals surface area contributed by atoms with Crippen molar-refractivity contribution in [2.45, 2.75) is 25.3 Å². The highest BCUT2D eigenvalue weighted by molar-refractivity contribution is 5.66. The van der Waals surface area contributed by atoms with Gasteiger partial charge in [-0.3, -0.25) is 9.78 Å². The first-order valence-electron chi connectivity index (χ1n) is 4.57. The zero-order chi connectivity index (χ0) is 10.4. The first-order chi connectivity index (χ1) is 6.70. The largest absolute Gasteiger partial charge is 0.481 e. The molecule has 0 radical (unpaired) electrons. The number of rotatable bonds is 5. The van der Waals surface area contributed by atoms with Crippen molar-refractivity contribution in [1.29, 1.82) is 0 Å². The Morgan fingerprint density at radius 3 is 2.71 bits per heavy atom. The lowest BCUT2D eigenvalue weighted by molar-refractivity contribution is -0.137. The monoisotopic (exact) mass is 194 g/mol. The maximum Gasteiger partial charge on any atom is 0.303 e. The molecule has 0 aliphatic rings. The van der Waals surface area contributed by atoms with Crippen LogP contribution in [0.4, 0.5) is 0 Å². The van der Waals surface area contributed by atoms with E-state index >= 15 is 0 Å². The quantitative estimate of drug-likeness (QED) is 0.741. The Morgan fingerprint density at radius 1 is 1.50 bits per heavy atom. The van der Waals surface area contributed by atoms with E-state index in [1.165, 1.54) is 0 Å². The van der Waals surface area contributed by atoms with Crippen molar-refractivity contribution in [1.82, 2.24) is 4.98 Å². The summed E-state index contributed by atoms with van der Waals surface area (Å²) >= 11 is 0. The van der Waals surface area contributed by atoms with Crippen molar-refractivity contribution in [3.8, 4) is 0 Å². The van der Waals surface area contributed by atoms with Crippen LogP contribution in [0, 0.1) is 0 Å². The molecule has 14 heavy (non-hydrogen) atoms. The van der Waals surface area contributed by atoms with E-state index in [-0.39, 0.29) is 12.5 Å². The van der Waals surface area contributed by atoms with E-state index in [0.29, 0.717) is 12.8 Å². The fourth-order valence-electron chi connectivity index (χ4n) is 1.25. The summed E-state index contributed by atoms with van der Waals surface area (Å²) in [6, 6.07) is 3.62. The van der Waals surface area contributed by atoms with Gasteiger partial charge < -0.3 is 10.8 Å². The molecule has 0 saturated carbocycles. The Balaban J connectivity index is 2.36. The van der Waals surface area contributed by atoms with Gasteiger partial charge in [0.1, 0.15) is 0 Å². The fourth-order valence-corrected chi connectivity index (χ4v) is 1.25. The molecule has 4 nitrogen and oxygen atoms in total. The molecule has 0 bridgehead atoms. The predicted molar refractivity (Wildman–Crippen MR) is 52.7 cm³/mol. The van der Waals surface area contributed by atoms with Gasteiger partial charge in [-0.25, -0.2) is 0 Å². The Labute approximate surface area is 82.8 Å². The highest BCUT2D eigenvalue weighted by Gasteiger charge is 2.06. The third-order valence-electron chi connectivity index (χ3n) is 2.04. The van der Waals surface area contributed by atoms with Crippen molar-refractivity contribution >= 4 is 5.97 Å². The van der Waals surface area contributed by atoms with Crippen LogP contribution in [0.1, 0.15) is 30.9 Å². The predicted octanol–water partition coefficient (Wildman–Crippen LogP) is 1.34. The van der Waals surface area contributed by atoms with Gasteiger partial charge in [0.15, 0.2) is 0 Å². The summed E-state index contributed by atoms with van der Waals surface area (Å²) < 4.78 is 0. The van der Waals surface area contributed by atoms with Gasteiger partial charge in [-0.2, -0.15) is 0 Å². The average molecular weight is 194 g/mol. The minimum Gasteiger partial charge on any atom is -0.481 e. The van der Waals surface area contributed by atoms with Crippen molar-refractivity contribution in [3.63, 3.8) is 0 Å². The topological polar surface area (TPSA) is 76.2 Å². The lowest BCUT2D eigenvalue weighted by Crippen LogP contribution is -2.10. The van der Waals surface area contributed by atoms with Gasteiger partial charge in [0.2, 0.25) is 0 Å². The summed E-state index contributed by atoms with van der Waals surface area (Å²) in [6.07, 6.45) is 4.85. The van der Waals surface area contributed by atoms with E-state index < -0.39 is 5.97 Å². The van der Waals surface area contributed by atoms with Crippen LogP contribution in [0.5, 0.6) is 0 Å². The first-order valence-corrected chi connectivity index (χ1v) is 4.57. The van der Waals surface area contributed by atoms with Gasteiger partial charge in [0, 0.05) is 24.9 Å². The summed E-state index contributed by atoms with van der Waals surface area (Å²) in [6.45, 7) is 0.